The molecule has 0 heterocycles. The van der Waals surface area contributed by atoms with Gasteiger partial charge in [-0.1, -0.05) is 12.8 Å². The first-order valence-electron chi connectivity index (χ1n) is 5.84. The summed E-state index contributed by atoms with van der Waals surface area (Å²) in [5.41, 5.74) is 0. The first kappa shape index (κ1) is 13.4. The Morgan fingerprint density at radius 2 is 2.18 bits per heavy atom. The zero-order valence-electron chi connectivity index (χ0n) is 9.74. The Morgan fingerprint density at radius 1 is 1.47 bits per heavy atom. The number of carboxylic acids is 1. The fourth-order valence-electron chi connectivity index (χ4n) is 1.53. The minimum Gasteiger partial charge on any atom is -0.480 e. The van der Waals surface area contributed by atoms with Gasteiger partial charge in [0, 0.05) is 13.0 Å². The number of carboxylic acid groups (broad SMARTS) is 1. The largest absolute Gasteiger partial charge is 0.480 e. The second-order valence-corrected chi connectivity index (χ2v) is 4.28. The lowest BCUT2D eigenvalue weighted by atomic mass is 10.2. The van der Waals surface area contributed by atoms with E-state index in [9.17, 15) is 9.59 Å². The molecule has 1 unspecified atom stereocenters. The van der Waals surface area contributed by atoms with Gasteiger partial charge in [-0.2, -0.15) is 0 Å². The van der Waals surface area contributed by atoms with Crippen LogP contribution in [-0.2, 0) is 4.79 Å². The Kier molecular flexibility index (Phi) is 5.34. The van der Waals surface area contributed by atoms with Crippen molar-refractivity contribution in [3.8, 4) is 12.3 Å². The van der Waals surface area contributed by atoms with E-state index in [2.05, 4.69) is 16.6 Å². The van der Waals surface area contributed by atoms with Gasteiger partial charge in [0.25, 0.3) is 0 Å². The Labute approximate surface area is 101 Å². The highest BCUT2D eigenvalue weighted by Gasteiger charge is 2.21. The predicted molar refractivity (Wildman–Crippen MR) is 63.4 cm³/mol. The summed E-state index contributed by atoms with van der Waals surface area (Å²) in [5, 5.41) is 13.7. The molecule has 5 nitrogen and oxygen atoms in total. The van der Waals surface area contributed by atoms with Gasteiger partial charge in [0.2, 0.25) is 0 Å². The van der Waals surface area contributed by atoms with Crippen molar-refractivity contribution < 1.29 is 14.7 Å². The molecular weight excluding hydrogens is 220 g/mol. The third-order valence-corrected chi connectivity index (χ3v) is 2.70. The molecule has 1 fully saturated rings. The standard InChI is InChI=1S/C12H18N2O3/c1-2-4-10(11(15)16)14-12(17)13-8-3-5-9-6-7-9/h1,9-10H,3-8H2,(H,15,16)(H2,13,14,17). The number of amides is 2. The van der Waals surface area contributed by atoms with Crippen LogP contribution in [0.5, 0.6) is 0 Å². The normalized spacial score (nSPS) is 15.7. The Morgan fingerprint density at radius 3 is 2.71 bits per heavy atom. The van der Waals surface area contributed by atoms with Gasteiger partial charge in [-0.25, -0.2) is 9.59 Å². The molecule has 0 bridgehead atoms. The van der Waals surface area contributed by atoms with Crippen molar-refractivity contribution in [2.45, 2.75) is 38.1 Å². The number of carbonyl (C=O) groups excluding carboxylic acids is 1. The minimum atomic E-state index is -1.11. The summed E-state index contributed by atoms with van der Waals surface area (Å²) in [6, 6.07) is -1.48. The van der Waals surface area contributed by atoms with E-state index in [0.29, 0.717) is 6.54 Å². The van der Waals surface area contributed by atoms with Crippen LogP contribution in [0.25, 0.3) is 0 Å². The Hall–Kier alpha value is -1.70. The van der Waals surface area contributed by atoms with Crippen molar-refractivity contribution >= 4 is 12.0 Å². The number of carbonyl (C=O) groups is 2. The van der Waals surface area contributed by atoms with Gasteiger partial charge in [-0.15, -0.1) is 12.3 Å². The lowest BCUT2D eigenvalue weighted by Gasteiger charge is -2.12. The molecule has 1 atom stereocenters. The number of urea groups is 1. The number of rotatable bonds is 7. The van der Waals surface area contributed by atoms with Crippen LogP contribution >= 0.6 is 0 Å². The summed E-state index contributed by atoms with van der Waals surface area (Å²) in [7, 11) is 0. The molecule has 94 valence electrons. The van der Waals surface area contributed by atoms with E-state index in [1.807, 2.05) is 0 Å². The number of aliphatic carboxylic acids is 1. The van der Waals surface area contributed by atoms with Crippen molar-refractivity contribution in [1.29, 1.82) is 0 Å². The maximum Gasteiger partial charge on any atom is 0.327 e. The fourth-order valence-corrected chi connectivity index (χ4v) is 1.53. The summed E-state index contributed by atoms with van der Waals surface area (Å²) in [5.74, 6) is 1.95. The molecule has 0 aliphatic heterocycles. The average molecular weight is 238 g/mol. The molecule has 0 aromatic carbocycles. The minimum absolute atomic E-state index is 0.00910. The number of terminal acetylenes is 1. The first-order chi connectivity index (χ1) is 8.13. The van der Waals surface area contributed by atoms with Crippen LogP contribution in [0.15, 0.2) is 0 Å². The SMILES string of the molecule is C#CCC(NC(=O)NCCCC1CC1)C(=O)O. The monoisotopic (exact) mass is 238 g/mol. The van der Waals surface area contributed by atoms with Crippen LogP contribution in [0.4, 0.5) is 4.79 Å². The Balaban J connectivity index is 2.12. The lowest BCUT2D eigenvalue weighted by molar-refractivity contribution is -0.139. The van der Waals surface area contributed by atoms with Gasteiger partial charge in [0.1, 0.15) is 6.04 Å². The van der Waals surface area contributed by atoms with Crippen LogP contribution in [0.3, 0.4) is 0 Å². The molecule has 0 radical (unpaired) electrons. The van der Waals surface area contributed by atoms with Crippen LogP contribution in [0.2, 0.25) is 0 Å². The van der Waals surface area contributed by atoms with Crippen LogP contribution in [0, 0.1) is 18.3 Å². The van der Waals surface area contributed by atoms with Gasteiger partial charge in [-0.3, -0.25) is 0 Å². The molecule has 1 aliphatic carbocycles. The maximum atomic E-state index is 11.3. The van der Waals surface area contributed by atoms with Gasteiger partial charge in [-0.05, 0) is 18.8 Å². The summed E-state index contributed by atoms with van der Waals surface area (Å²) in [6.07, 6.45) is 9.68. The van der Waals surface area contributed by atoms with E-state index in [0.717, 1.165) is 18.8 Å². The van der Waals surface area contributed by atoms with Gasteiger partial charge >= 0.3 is 12.0 Å². The molecule has 1 saturated carbocycles. The molecule has 0 aromatic rings. The van der Waals surface area contributed by atoms with Crippen LogP contribution in [-0.4, -0.2) is 29.7 Å². The summed E-state index contributed by atoms with van der Waals surface area (Å²) in [4.78, 5) is 22.1. The van der Waals surface area contributed by atoms with Crippen molar-refractivity contribution in [1.82, 2.24) is 10.6 Å². The molecule has 3 N–H and O–H groups in total. The molecule has 17 heavy (non-hydrogen) atoms. The summed E-state index contributed by atoms with van der Waals surface area (Å²) >= 11 is 0. The lowest BCUT2D eigenvalue weighted by Crippen LogP contribution is -2.46. The molecule has 0 aromatic heterocycles. The van der Waals surface area contributed by atoms with E-state index in [1.165, 1.54) is 12.8 Å². The van der Waals surface area contributed by atoms with Gasteiger partial charge < -0.3 is 15.7 Å². The second kappa shape index (κ2) is 6.79. The zero-order valence-corrected chi connectivity index (χ0v) is 9.74. The van der Waals surface area contributed by atoms with Crippen LogP contribution < -0.4 is 10.6 Å². The van der Waals surface area contributed by atoms with Crippen molar-refractivity contribution in [2.75, 3.05) is 6.54 Å². The summed E-state index contributed by atoms with van der Waals surface area (Å²) in [6.45, 7) is 0.574. The summed E-state index contributed by atoms with van der Waals surface area (Å²) < 4.78 is 0. The molecule has 1 rings (SSSR count). The quantitative estimate of drug-likeness (QED) is 0.456. The third-order valence-electron chi connectivity index (χ3n) is 2.70. The van der Waals surface area contributed by atoms with Gasteiger partial charge in [0.15, 0.2) is 0 Å². The van der Waals surface area contributed by atoms with Crippen molar-refractivity contribution in [3.63, 3.8) is 0 Å². The molecule has 2 amide bonds. The highest BCUT2D eigenvalue weighted by molar-refractivity contribution is 5.82. The fraction of sp³-hybridized carbons (Fsp3) is 0.667. The number of nitrogens with one attached hydrogen (secondary N) is 2. The Bertz CT molecular complexity index is 318. The topological polar surface area (TPSA) is 78.4 Å². The maximum absolute atomic E-state index is 11.3. The molecule has 0 saturated heterocycles. The van der Waals surface area contributed by atoms with Crippen molar-refractivity contribution in [2.24, 2.45) is 5.92 Å². The van der Waals surface area contributed by atoms with Gasteiger partial charge in [0.05, 0.1) is 0 Å². The average Bonchev–Trinajstić information content (AvgIpc) is 3.07. The van der Waals surface area contributed by atoms with E-state index < -0.39 is 18.0 Å². The van der Waals surface area contributed by atoms with E-state index in [-0.39, 0.29) is 6.42 Å². The molecule has 1 aliphatic rings. The highest BCUT2D eigenvalue weighted by Crippen LogP contribution is 2.33. The second-order valence-electron chi connectivity index (χ2n) is 4.28. The molecule has 0 spiro atoms. The molecular formula is C12H18N2O3. The predicted octanol–water partition coefficient (Wildman–Crippen LogP) is 0.952. The van der Waals surface area contributed by atoms with E-state index in [4.69, 9.17) is 11.5 Å². The van der Waals surface area contributed by atoms with E-state index in [1.54, 1.807) is 0 Å². The number of hydrogen-bond donors (Lipinski definition) is 3. The highest BCUT2D eigenvalue weighted by atomic mass is 16.4. The molecule has 5 heteroatoms. The first-order valence-corrected chi connectivity index (χ1v) is 5.84. The van der Waals surface area contributed by atoms with Crippen molar-refractivity contribution in [3.05, 3.63) is 0 Å². The smallest absolute Gasteiger partial charge is 0.327 e. The van der Waals surface area contributed by atoms with E-state index >= 15 is 0 Å². The zero-order chi connectivity index (χ0) is 12.7. The third kappa shape index (κ3) is 5.81. The van der Waals surface area contributed by atoms with Crippen LogP contribution in [0.1, 0.15) is 32.1 Å². The number of hydrogen-bond acceptors (Lipinski definition) is 2.